The predicted molar refractivity (Wildman–Crippen MR) is 113 cm³/mol. The summed E-state index contributed by atoms with van der Waals surface area (Å²) in [5, 5.41) is 2.82. The SMILES string of the molecule is CCNC(=O)N(C)CCCN1C(=O)[C@H](C)S[C@H]1c1ccc(C(C)(C)C)cc1. The van der Waals surface area contributed by atoms with E-state index in [0.29, 0.717) is 19.6 Å². The standard InChI is InChI=1S/C21H33N3O2S/c1-7-22-20(26)23(6)13-8-14-24-18(25)15(2)27-19(24)16-9-11-17(12-10-16)21(3,4)5/h9-12,15,19H,7-8,13-14H2,1-6H3,(H,22,26)/t15-,19-/m0/s1. The maximum absolute atomic E-state index is 12.6. The van der Waals surface area contributed by atoms with E-state index in [0.717, 1.165) is 6.42 Å². The van der Waals surface area contributed by atoms with Gasteiger partial charge in [-0.05, 0) is 36.8 Å². The molecule has 1 fully saturated rings. The third kappa shape index (κ3) is 5.41. The Bertz CT molecular complexity index is 654. The third-order valence-electron chi connectivity index (χ3n) is 4.88. The molecule has 1 aliphatic heterocycles. The molecular formula is C21H33N3O2S. The van der Waals surface area contributed by atoms with Gasteiger partial charge in [-0.1, -0.05) is 45.0 Å². The Kier molecular flexibility index (Phi) is 7.20. The van der Waals surface area contributed by atoms with Crippen LogP contribution in [0.25, 0.3) is 0 Å². The molecule has 0 spiro atoms. The van der Waals surface area contributed by atoms with Crippen molar-refractivity contribution < 1.29 is 9.59 Å². The number of hydrogen-bond donors (Lipinski definition) is 1. The molecular weight excluding hydrogens is 358 g/mol. The van der Waals surface area contributed by atoms with Gasteiger partial charge >= 0.3 is 6.03 Å². The number of nitrogens with zero attached hydrogens (tertiary/aromatic N) is 2. The van der Waals surface area contributed by atoms with Gasteiger partial charge in [0.2, 0.25) is 5.91 Å². The van der Waals surface area contributed by atoms with E-state index in [1.54, 1.807) is 23.7 Å². The van der Waals surface area contributed by atoms with Gasteiger partial charge in [0.15, 0.2) is 0 Å². The molecule has 27 heavy (non-hydrogen) atoms. The van der Waals surface area contributed by atoms with Gasteiger partial charge in [0.1, 0.15) is 5.37 Å². The first-order valence-corrected chi connectivity index (χ1v) is 10.6. The number of benzene rings is 1. The summed E-state index contributed by atoms with van der Waals surface area (Å²) in [6.45, 7) is 12.4. The van der Waals surface area contributed by atoms with Crippen molar-refractivity contribution in [2.75, 3.05) is 26.7 Å². The fourth-order valence-electron chi connectivity index (χ4n) is 3.17. The van der Waals surface area contributed by atoms with Crippen LogP contribution in [0.3, 0.4) is 0 Å². The molecule has 0 aromatic heterocycles. The van der Waals surface area contributed by atoms with Gasteiger partial charge in [0.05, 0.1) is 5.25 Å². The minimum Gasteiger partial charge on any atom is -0.338 e. The van der Waals surface area contributed by atoms with Gasteiger partial charge in [-0.15, -0.1) is 11.8 Å². The third-order valence-corrected chi connectivity index (χ3v) is 6.27. The minimum atomic E-state index is -0.0673. The second-order valence-corrected chi connectivity index (χ2v) is 9.57. The van der Waals surface area contributed by atoms with E-state index in [4.69, 9.17) is 0 Å². The molecule has 3 amide bonds. The summed E-state index contributed by atoms with van der Waals surface area (Å²) < 4.78 is 0. The van der Waals surface area contributed by atoms with Crippen molar-refractivity contribution >= 4 is 23.7 Å². The summed E-state index contributed by atoms with van der Waals surface area (Å²) in [5.74, 6) is 0.186. The van der Waals surface area contributed by atoms with Crippen LogP contribution in [-0.2, 0) is 10.2 Å². The molecule has 1 heterocycles. The van der Waals surface area contributed by atoms with Crippen molar-refractivity contribution in [2.45, 2.75) is 57.1 Å². The molecule has 150 valence electrons. The highest BCUT2D eigenvalue weighted by atomic mass is 32.2. The van der Waals surface area contributed by atoms with Crippen LogP contribution in [0.2, 0.25) is 0 Å². The quantitative estimate of drug-likeness (QED) is 0.797. The second-order valence-electron chi connectivity index (χ2n) is 8.14. The fourth-order valence-corrected chi connectivity index (χ4v) is 4.48. The van der Waals surface area contributed by atoms with E-state index in [1.165, 1.54) is 11.1 Å². The molecule has 0 saturated carbocycles. The zero-order valence-corrected chi connectivity index (χ0v) is 18.2. The van der Waals surface area contributed by atoms with E-state index in [-0.39, 0.29) is 28.0 Å². The predicted octanol–water partition coefficient (Wildman–Crippen LogP) is 4.00. The van der Waals surface area contributed by atoms with Crippen LogP contribution in [0.15, 0.2) is 24.3 Å². The van der Waals surface area contributed by atoms with Crippen molar-refractivity contribution in [1.29, 1.82) is 0 Å². The van der Waals surface area contributed by atoms with Crippen molar-refractivity contribution in [1.82, 2.24) is 15.1 Å². The lowest BCUT2D eigenvalue weighted by molar-refractivity contribution is -0.129. The average molecular weight is 392 g/mol. The fraction of sp³-hybridized carbons (Fsp3) is 0.619. The Hall–Kier alpha value is -1.69. The number of urea groups is 1. The highest BCUT2D eigenvalue weighted by Gasteiger charge is 2.38. The van der Waals surface area contributed by atoms with Crippen LogP contribution in [0.4, 0.5) is 4.79 Å². The molecule has 0 bridgehead atoms. The van der Waals surface area contributed by atoms with Crippen molar-refractivity contribution in [3.8, 4) is 0 Å². The molecule has 6 heteroatoms. The Morgan fingerprint density at radius 2 is 1.89 bits per heavy atom. The number of rotatable bonds is 6. The maximum Gasteiger partial charge on any atom is 0.317 e. The molecule has 5 nitrogen and oxygen atoms in total. The molecule has 1 aromatic carbocycles. The number of carbonyl (C=O) groups is 2. The van der Waals surface area contributed by atoms with Crippen molar-refractivity contribution in [3.63, 3.8) is 0 Å². The van der Waals surface area contributed by atoms with Gasteiger partial charge in [-0.2, -0.15) is 0 Å². The molecule has 0 unspecified atom stereocenters. The summed E-state index contributed by atoms with van der Waals surface area (Å²) in [4.78, 5) is 28.1. The first kappa shape index (κ1) is 21.6. The molecule has 1 N–H and O–H groups in total. The lowest BCUT2D eigenvalue weighted by Gasteiger charge is -2.26. The first-order valence-electron chi connectivity index (χ1n) is 9.70. The number of thioether (sulfide) groups is 1. The largest absolute Gasteiger partial charge is 0.338 e. The summed E-state index contributed by atoms with van der Waals surface area (Å²) in [6.07, 6.45) is 0.767. The van der Waals surface area contributed by atoms with Gasteiger partial charge in [0, 0.05) is 26.7 Å². The van der Waals surface area contributed by atoms with Crippen LogP contribution < -0.4 is 5.32 Å². The normalized spacial score (nSPS) is 20.1. The molecule has 1 aromatic rings. The van der Waals surface area contributed by atoms with Crippen LogP contribution in [0, 0.1) is 0 Å². The highest BCUT2D eigenvalue weighted by molar-refractivity contribution is 8.01. The first-order chi connectivity index (χ1) is 12.6. The molecule has 1 aliphatic rings. The molecule has 0 radical (unpaired) electrons. The van der Waals surface area contributed by atoms with Crippen LogP contribution in [0.5, 0.6) is 0 Å². The topological polar surface area (TPSA) is 52.7 Å². The van der Waals surface area contributed by atoms with Crippen molar-refractivity contribution in [3.05, 3.63) is 35.4 Å². The van der Waals surface area contributed by atoms with Gasteiger partial charge < -0.3 is 15.1 Å². The summed E-state index contributed by atoms with van der Waals surface area (Å²) >= 11 is 1.70. The average Bonchev–Trinajstić information content (AvgIpc) is 2.89. The Morgan fingerprint density at radius 3 is 2.44 bits per heavy atom. The Morgan fingerprint density at radius 1 is 1.26 bits per heavy atom. The zero-order valence-electron chi connectivity index (χ0n) is 17.4. The smallest absolute Gasteiger partial charge is 0.317 e. The minimum absolute atomic E-state index is 0.0292. The van der Waals surface area contributed by atoms with Crippen molar-refractivity contribution in [2.24, 2.45) is 0 Å². The lowest BCUT2D eigenvalue weighted by atomic mass is 9.86. The lowest BCUT2D eigenvalue weighted by Crippen LogP contribution is -2.39. The van der Waals surface area contributed by atoms with Crippen LogP contribution in [0.1, 0.15) is 57.5 Å². The van der Waals surface area contributed by atoms with Gasteiger partial charge in [-0.3, -0.25) is 4.79 Å². The van der Waals surface area contributed by atoms with E-state index in [2.05, 4.69) is 50.4 Å². The Balaban J connectivity index is 2.03. The summed E-state index contributed by atoms with van der Waals surface area (Å²) in [7, 11) is 1.79. The van der Waals surface area contributed by atoms with Gasteiger partial charge in [0.25, 0.3) is 0 Å². The number of carbonyl (C=O) groups excluding carboxylic acids is 2. The molecule has 1 saturated heterocycles. The molecule has 0 aliphatic carbocycles. The summed E-state index contributed by atoms with van der Waals surface area (Å²) in [5.41, 5.74) is 2.58. The van der Waals surface area contributed by atoms with Gasteiger partial charge in [-0.25, -0.2) is 4.79 Å². The number of nitrogens with one attached hydrogen (secondary N) is 1. The van der Waals surface area contributed by atoms with E-state index >= 15 is 0 Å². The van der Waals surface area contributed by atoms with E-state index < -0.39 is 0 Å². The molecule has 2 atom stereocenters. The maximum atomic E-state index is 12.6. The zero-order chi connectivity index (χ0) is 20.2. The van der Waals surface area contributed by atoms with E-state index in [9.17, 15) is 9.59 Å². The highest BCUT2D eigenvalue weighted by Crippen LogP contribution is 2.43. The van der Waals surface area contributed by atoms with Crippen LogP contribution in [-0.4, -0.2) is 53.7 Å². The van der Waals surface area contributed by atoms with Crippen LogP contribution >= 0.6 is 11.8 Å². The number of hydrogen-bond acceptors (Lipinski definition) is 3. The van der Waals surface area contributed by atoms with E-state index in [1.807, 2.05) is 18.7 Å². The second kappa shape index (κ2) is 9.00. The molecule has 2 rings (SSSR count). The monoisotopic (exact) mass is 391 g/mol. The Labute approximate surface area is 167 Å². The number of amides is 3. The summed E-state index contributed by atoms with van der Waals surface area (Å²) in [6, 6.07) is 8.58.